The monoisotopic (exact) mass is 410 g/mol. The molecule has 1 fully saturated rings. The molecule has 2 unspecified atom stereocenters. The largest absolute Gasteiger partial charge is 0.476 e. The molecule has 2 N–H and O–H groups in total. The summed E-state index contributed by atoms with van der Waals surface area (Å²) in [4.78, 5) is 15.0. The Bertz CT molecular complexity index is 817. The zero-order chi connectivity index (χ0) is 19.6. The number of likely N-dealkylation sites (tertiary alicyclic amines) is 1. The second-order valence-corrected chi connectivity index (χ2v) is 7.63. The predicted octanol–water partition coefficient (Wildman–Crippen LogP) is 4.09. The summed E-state index contributed by atoms with van der Waals surface area (Å²) in [6, 6.07) is 12.3. The fourth-order valence-electron chi connectivity index (χ4n) is 3.30. The third-order valence-electron chi connectivity index (χ3n) is 5.10. The third kappa shape index (κ3) is 4.80. The van der Waals surface area contributed by atoms with Crippen LogP contribution in [0.25, 0.3) is 0 Å². The number of ether oxygens (including phenoxy) is 1. The van der Waals surface area contributed by atoms with Gasteiger partial charge in [-0.15, -0.1) is 12.4 Å². The van der Waals surface area contributed by atoms with Gasteiger partial charge in [0.15, 0.2) is 11.6 Å². The fraction of sp³-hybridized carbons (Fsp3) is 0.381. The van der Waals surface area contributed by atoms with Gasteiger partial charge in [0, 0.05) is 30.8 Å². The standard InChI is InChI=1S/C21H24F2N2O2.ClH/c1-21(2)13-25(11-10-18(21)24)20(26)19(14-6-4-3-5-7-14)27-15-8-9-16(22)17(23)12-15;/h3-9,12,18-19H,10-11,13,24H2,1-2H3;1H. The Labute approximate surface area is 170 Å². The predicted molar refractivity (Wildman–Crippen MR) is 106 cm³/mol. The Morgan fingerprint density at radius 2 is 1.86 bits per heavy atom. The summed E-state index contributed by atoms with van der Waals surface area (Å²) in [7, 11) is 0. The van der Waals surface area contributed by atoms with Crippen LogP contribution in [0.4, 0.5) is 8.78 Å². The van der Waals surface area contributed by atoms with Crippen LogP contribution in [0, 0.1) is 17.0 Å². The van der Waals surface area contributed by atoms with Gasteiger partial charge in [0.05, 0.1) is 0 Å². The fourth-order valence-corrected chi connectivity index (χ4v) is 3.30. The van der Waals surface area contributed by atoms with E-state index in [1.807, 2.05) is 19.9 Å². The van der Waals surface area contributed by atoms with Gasteiger partial charge >= 0.3 is 0 Å². The van der Waals surface area contributed by atoms with Crippen LogP contribution in [-0.4, -0.2) is 29.9 Å². The van der Waals surface area contributed by atoms with Crippen LogP contribution in [-0.2, 0) is 4.79 Å². The van der Waals surface area contributed by atoms with Crippen LogP contribution in [0.15, 0.2) is 48.5 Å². The number of benzene rings is 2. The number of nitrogens with two attached hydrogens (primary N) is 1. The first kappa shape index (κ1) is 22.1. The van der Waals surface area contributed by atoms with Gasteiger partial charge in [0.25, 0.3) is 5.91 Å². The molecule has 1 heterocycles. The molecule has 1 aliphatic rings. The van der Waals surface area contributed by atoms with Gasteiger partial charge in [-0.05, 0) is 24.0 Å². The van der Waals surface area contributed by atoms with E-state index in [-0.39, 0.29) is 35.5 Å². The first-order valence-corrected chi connectivity index (χ1v) is 8.99. The Kier molecular flexibility index (Phi) is 7.01. The van der Waals surface area contributed by atoms with Crippen molar-refractivity contribution in [2.75, 3.05) is 13.1 Å². The molecule has 3 rings (SSSR count). The Morgan fingerprint density at radius 3 is 2.46 bits per heavy atom. The van der Waals surface area contributed by atoms with Gasteiger partial charge in [-0.1, -0.05) is 44.2 Å². The molecule has 7 heteroatoms. The van der Waals surface area contributed by atoms with Crippen molar-refractivity contribution in [3.8, 4) is 5.75 Å². The Balaban J connectivity index is 0.00000280. The maximum atomic E-state index is 13.6. The molecule has 0 saturated carbocycles. The smallest absolute Gasteiger partial charge is 0.268 e. The number of hydrogen-bond acceptors (Lipinski definition) is 3. The molecule has 1 saturated heterocycles. The average Bonchev–Trinajstić information content (AvgIpc) is 2.65. The lowest BCUT2D eigenvalue weighted by molar-refractivity contribution is -0.142. The van der Waals surface area contributed by atoms with E-state index in [0.29, 0.717) is 25.1 Å². The minimum atomic E-state index is -1.02. The quantitative estimate of drug-likeness (QED) is 0.825. The Hall–Kier alpha value is -2.18. The number of amides is 1. The first-order valence-electron chi connectivity index (χ1n) is 8.99. The lowest BCUT2D eigenvalue weighted by atomic mass is 9.79. The topological polar surface area (TPSA) is 55.6 Å². The van der Waals surface area contributed by atoms with Crippen molar-refractivity contribution in [1.82, 2.24) is 4.90 Å². The molecule has 1 aliphatic heterocycles. The summed E-state index contributed by atoms with van der Waals surface area (Å²) < 4.78 is 32.6. The van der Waals surface area contributed by atoms with Gasteiger partial charge in [-0.3, -0.25) is 4.79 Å². The summed E-state index contributed by atoms with van der Waals surface area (Å²) in [5.74, 6) is -2.09. The lowest BCUT2D eigenvalue weighted by Gasteiger charge is -2.43. The molecule has 152 valence electrons. The van der Waals surface area contributed by atoms with E-state index in [4.69, 9.17) is 10.5 Å². The maximum absolute atomic E-state index is 13.6. The van der Waals surface area contributed by atoms with Crippen molar-refractivity contribution in [3.63, 3.8) is 0 Å². The van der Waals surface area contributed by atoms with E-state index in [1.54, 1.807) is 29.2 Å². The highest BCUT2D eigenvalue weighted by molar-refractivity contribution is 5.85. The number of carbonyl (C=O) groups is 1. The summed E-state index contributed by atoms with van der Waals surface area (Å²) in [5.41, 5.74) is 6.61. The molecule has 28 heavy (non-hydrogen) atoms. The lowest BCUT2D eigenvalue weighted by Crippen LogP contribution is -2.55. The van der Waals surface area contributed by atoms with Gasteiger partial charge in [-0.2, -0.15) is 0 Å². The molecule has 0 spiro atoms. The highest BCUT2D eigenvalue weighted by Crippen LogP contribution is 2.31. The number of rotatable bonds is 4. The highest BCUT2D eigenvalue weighted by atomic mass is 35.5. The van der Waals surface area contributed by atoms with Crippen LogP contribution in [0.1, 0.15) is 31.9 Å². The van der Waals surface area contributed by atoms with Crippen molar-refractivity contribution in [2.45, 2.75) is 32.4 Å². The maximum Gasteiger partial charge on any atom is 0.268 e. The summed E-state index contributed by atoms with van der Waals surface area (Å²) in [5, 5.41) is 0. The van der Waals surface area contributed by atoms with Crippen molar-refractivity contribution < 1.29 is 18.3 Å². The summed E-state index contributed by atoms with van der Waals surface area (Å²) in [6.07, 6.45) is -0.244. The first-order chi connectivity index (χ1) is 12.8. The van der Waals surface area contributed by atoms with E-state index < -0.39 is 17.7 Å². The molecular weight excluding hydrogens is 386 g/mol. The Morgan fingerprint density at radius 1 is 1.18 bits per heavy atom. The number of halogens is 3. The molecule has 4 nitrogen and oxygen atoms in total. The molecule has 0 aliphatic carbocycles. The number of carbonyl (C=O) groups excluding carboxylic acids is 1. The number of nitrogens with zero attached hydrogens (tertiary/aromatic N) is 1. The van der Waals surface area contributed by atoms with Crippen LogP contribution >= 0.6 is 12.4 Å². The third-order valence-corrected chi connectivity index (χ3v) is 5.10. The minimum Gasteiger partial charge on any atom is -0.476 e. The molecule has 0 aromatic heterocycles. The summed E-state index contributed by atoms with van der Waals surface area (Å²) in [6.45, 7) is 5.11. The van der Waals surface area contributed by atoms with E-state index in [1.165, 1.54) is 6.07 Å². The van der Waals surface area contributed by atoms with Gasteiger partial charge in [0.2, 0.25) is 6.10 Å². The normalized spacial score (nSPS) is 19.5. The minimum absolute atomic E-state index is 0. The van der Waals surface area contributed by atoms with Crippen molar-refractivity contribution in [3.05, 3.63) is 65.7 Å². The molecular formula is C21H25ClF2N2O2. The molecule has 0 radical (unpaired) electrons. The van der Waals surface area contributed by atoms with Crippen LogP contribution in [0.2, 0.25) is 0 Å². The van der Waals surface area contributed by atoms with E-state index in [0.717, 1.165) is 12.1 Å². The summed E-state index contributed by atoms with van der Waals surface area (Å²) >= 11 is 0. The van der Waals surface area contributed by atoms with Gasteiger partial charge in [-0.25, -0.2) is 8.78 Å². The van der Waals surface area contributed by atoms with Crippen molar-refractivity contribution in [1.29, 1.82) is 0 Å². The van der Waals surface area contributed by atoms with Crippen LogP contribution in [0.5, 0.6) is 5.75 Å². The molecule has 2 aromatic carbocycles. The SMILES string of the molecule is CC1(C)CN(C(=O)C(Oc2ccc(F)c(F)c2)c2ccccc2)CCC1N.Cl. The van der Waals surface area contributed by atoms with Crippen molar-refractivity contribution in [2.24, 2.45) is 11.1 Å². The van der Waals surface area contributed by atoms with E-state index >= 15 is 0 Å². The van der Waals surface area contributed by atoms with Gasteiger partial charge in [0.1, 0.15) is 5.75 Å². The average molecular weight is 411 g/mol. The zero-order valence-electron chi connectivity index (χ0n) is 15.9. The van der Waals surface area contributed by atoms with Crippen LogP contribution < -0.4 is 10.5 Å². The molecule has 2 atom stereocenters. The molecule has 1 amide bonds. The molecule has 2 aromatic rings. The number of piperidine rings is 1. The highest BCUT2D eigenvalue weighted by Gasteiger charge is 2.38. The van der Waals surface area contributed by atoms with Gasteiger partial charge < -0.3 is 15.4 Å². The zero-order valence-corrected chi connectivity index (χ0v) is 16.7. The molecule has 0 bridgehead atoms. The van der Waals surface area contributed by atoms with E-state index in [2.05, 4.69) is 0 Å². The van der Waals surface area contributed by atoms with Crippen molar-refractivity contribution >= 4 is 18.3 Å². The second-order valence-electron chi connectivity index (χ2n) is 7.63. The van der Waals surface area contributed by atoms with Crippen LogP contribution in [0.3, 0.4) is 0 Å². The van der Waals surface area contributed by atoms with E-state index in [9.17, 15) is 13.6 Å². The number of hydrogen-bond donors (Lipinski definition) is 1. The second kappa shape index (κ2) is 8.88.